The smallest absolute Gasteiger partial charge is 0.305 e. The molecule has 3 rings (SSSR count). The van der Waals surface area contributed by atoms with E-state index in [0.29, 0.717) is 34.6 Å². The monoisotopic (exact) mass is 371 g/mol. The molecule has 0 saturated carbocycles. The first-order valence-electron chi connectivity index (χ1n) is 8.67. The van der Waals surface area contributed by atoms with Gasteiger partial charge in [0.25, 0.3) is 11.6 Å². The Morgan fingerprint density at radius 1 is 1.22 bits per heavy atom. The molecule has 0 bridgehead atoms. The molecule has 3 aromatic heterocycles. The molecule has 142 valence electrons. The first-order chi connectivity index (χ1) is 12.8. The minimum absolute atomic E-state index is 0.122. The second kappa shape index (κ2) is 7.22. The van der Waals surface area contributed by atoms with Crippen LogP contribution in [-0.4, -0.2) is 45.1 Å². The van der Waals surface area contributed by atoms with Crippen LogP contribution in [0.2, 0.25) is 0 Å². The molecule has 8 heteroatoms. The molecule has 0 spiro atoms. The summed E-state index contributed by atoms with van der Waals surface area (Å²) in [4.78, 5) is 30.0. The van der Waals surface area contributed by atoms with E-state index < -0.39 is 5.97 Å². The Balaban J connectivity index is 2.12. The number of carboxylic acid groups (broad SMARTS) is 1. The van der Waals surface area contributed by atoms with Crippen LogP contribution in [0.15, 0.2) is 21.1 Å². The van der Waals surface area contributed by atoms with Crippen LogP contribution in [0.25, 0.3) is 22.4 Å². The maximum absolute atomic E-state index is 13.1. The Morgan fingerprint density at radius 3 is 2.56 bits per heavy atom. The first kappa shape index (κ1) is 18.6. The zero-order valence-corrected chi connectivity index (χ0v) is 15.7. The van der Waals surface area contributed by atoms with Crippen LogP contribution in [0.3, 0.4) is 0 Å². The van der Waals surface area contributed by atoms with Crippen molar-refractivity contribution in [3.8, 4) is 11.3 Å². The van der Waals surface area contributed by atoms with E-state index in [1.54, 1.807) is 13.0 Å². The number of furan rings is 1. The number of carbonyl (C=O) groups excluding carboxylic acids is 1. The Morgan fingerprint density at radius 2 is 1.96 bits per heavy atom. The van der Waals surface area contributed by atoms with Gasteiger partial charge in [0.05, 0.1) is 28.8 Å². The summed E-state index contributed by atoms with van der Waals surface area (Å²) in [5.41, 5.74) is 2.53. The lowest BCUT2D eigenvalue weighted by Gasteiger charge is -2.20. The molecule has 1 amide bonds. The highest BCUT2D eigenvalue weighted by Crippen LogP contribution is 2.31. The molecule has 0 saturated heterocycles. The Bertz CT molecular complexity index is 1020. The van der Waals surface area contributed by atoms with Gasteiger partial charge in [-0.25, -0.2) is 4.98 Å². The second-order valence-electron chi connectivity index (χ2n) is 6.36. The molecule has 8 nitrogen and oxygen atoms in total. The first-order valence-corrected chi connectivity index (χ1v) is 8.67. The highest BCUT2D eigenvalue weighted by atomic mass is 16.5. The number of aryl methyl sites for hydroxylation is 3. The third kappa shape index (κ3) is 3.55. The van der Waals surface area contributed by atoms with Gasteiger partial charge < -0.3 is 18.9 Å². The van der Waals surface area contributed by atoms with Crippen LogP contribution in [0.1, 0.15) is 40.9 Å². The highest BCUT2D eigenvalue weighted by molar-refractivity contribution is 6.07. The van der Waals surface area contributed by atoms with Crippen LogP contribution in [-0.2, 0) is 4.79 Å². The lowest BCUT2D eigenvalue weighted by molar-refractivity contribution is -0.137. The van der Waals surface area contributed by atoms with Gasteiger partial charge in [-0.2, -0.15) is 0 Å². The predicted octanol–water partition coefficient (Wildman–Crippen LogP) is 3.34. The average Bonchev–Trinajstić information content (AvgIpc) is 3.16. The standard InChI is InChI=1S/C19H21N3O5/c1-5-22(7-6-16(23)24)19(25)14-9-15(13-8-10(2)26-12(13)4)20-18-17(14)11(3)21-27-18/h8-9H,5-7H2,1-4H3,(H,23,24). The van der Waals surface area contributed by atoms with Crippen LogP contribution < -0.4 is 0 Å². The largest absolute Gasteiger partial charge is 0.481 e. The van der Waals surface area contributed by atoms with Gasteiger partial charge in [0.15, 0.2) is 0 Å². The van der Waals surface area contributed by atoms with E-state index in [1.165, 1.54) is 4.90 Å². The predicted molar refractivity (Wildman–Crippen MR) is 97.5 cm³/mol. The minimum Gasteiger partial charge on any atom is -0.481 e. The number of rotatable bonds is 6. The molecular formula is C19H21N3O5. The molecule has 1 N–H and O–H groups in total. The SMILES string of the molecule is CCN(CCC(=O)O)C(=O)c1cc(-c2cc(C)oc2C)nc2onc(C)c12. The molecule has 27 heavy (non-hydrogen) atoms. The fourth-order valence-electron chi connectivity index (χ4n) is 3.09. The third-order valence-electron chi connectivity index (χ3n) is 4.43. The number of amides is 1. The molecule has 0 aliphatic heterocycles. The lowest BCUT2D eigenvalue weighted by Crippen LogP contribution is -2.33. The van der Waals surface area contributed by atoms with Crippen LogP contribution >= 0.6 is 0 Å². The molecule has 0 fully saturated rings. The fraction of sp³-hybridized carbons (Fsp3) is 0.368. The number of aromatic nitrogens is 2. The van der Waals surface area contributed by atoms with Crippen LogP contribution in [0, 0.1) is 20.8 Å². The molecule has 0 radical (unpaired) electrons. The zero-order chi connectivity index (χ0) is 19.7. The third-order valence-corrected chi connectivity index (χ3v) is 4.43. The van der Waals surface area contributed by atoms with E-state index in [0.717, 1.165) is 11.3 Å². The molecule has 0 aliphatic rings. The molecule has 0 unspecified atom stereocenters. The molecule has 3 aromatic rings. The normalized spacial score (nSPS) is 11.1. The van der Waals surface area contributed by atoms with Crippen molar-refractivity contribution in [1.82, 2.24) is 15.0 Å². The number of carbonyl (C=O) groups is 2. The summed E-state index contributed by atoms with van der Waals surface area (Å²) in [5, 5.41) is 13.4. The molecule has 0 atom stereocenters. The van der Waals surface area contributed by atoms with E-state index >= 15 is 0 Å². The summed E-state index contributed by atoms with van der Waals surface area (Å²) >= 11 is 0. The number of nitrogens with zero attached hydrogens (tertiary/aromatic N) is 3. The number of hydrogen-bond donors (Lipinski definition) is 1. The van der Waals surface area contributed by atoms with E-state index in [1.807, 2.05) is 26.8 Å². The van der Waals surface area contributed by atoms with Gasteiger partial charge in [-0.3, -0.25) is 9.59 Å². The summed E-state index contributed by atoms with van der Waals surface area (Å²) in [6.07, 6.45) is -0.122. The van der Waals surface area contributed by atoms with Crippen molar-refractivity contribution in [2.24, 2.45) is 0 Å². The van der Waals surface area contributed by atoms with Crippen molar-refractivity contribution in [1.29, 1.82) is 0 Å². The zero-order valence-electron chi connectivity index (χ0n) is 15.7. The van der Waals surface area contributed by atoms with Gasteiger partial charge in [-0.15, -0.1) is 0 Å². The number of aliphatic carboxylic acids is 1. The van der Waals surface area contributed by atoms with Gasteiger partial charge in [0.2, 0.25) is 0 Å². The van der Waals surface area contributed by atoms with E-state index in [-0.39, 0.29) is 24.6 Å². The molecule has 0 aliphatic carbocycles. The topological polar surface area (TPSA) is 110 Å². The summed E-state index contributed by atoms with van der Waals surface area (Å²) in [6, 6.07) is 3.54. The summed E-state index contributed by atoms with van der Waals surface area (Å²) in [6.45, 7) is 7.72. The summed E-state index contributed by atoms with van der Waals surface area (Å²) in [5.74, 6) is 0.193. The highest BCUT2D eigenvalue weighted by Gasteiger charge is 2.24. The van der Waals surface area contributed by atoms with Gasteiger partial charge in [0.1, 0.15) is 11.5 Å². The Kier molecular flexibility index (Phi) is 4.98. The van der Waals surface area contributed by atoms with Crippen molar-refractivity contribution in [2.75, 3.05) is 13.1 Å². The van der Waals surface area contributed by atoms with Gasteiger partial charge in [0, 0.05) is 18.7 Å². The fourth-order valence-corrected chi connectivity index (χ4v) is 3.09. The lowest BCUT2D eigenvalue weighted by atomic mass is 10.0. The van der Waals surface area contributed by atoms with Gasteiger partial charge >= 0.3 is 5.97 Å². The quantitative estimate of drug-likeness (QED) is 0.707. The number of pyridine rings is 1. The summed E-state index contributed by atoms with van der Waals surface area (Å²) < 4.78 is 10.9. The van der Waals surface area contributed by atoms with Crippen LogP contribution in [0.4, 0.5) is 0 Å². The van der Waals surface area contributed by atoms with Crippen molar-refractivity contribution < 1.29 is 23.6 Å². The van der Waals surface area contributed by atoms with Crippen LogP contribution in [0.5, 0.6) is 0 Å². The molecular weight excluding hydrogens is 350 g/mol. The van der Waals surface area contributed by atoms with Crippen molar-refractivity contribution >= 4 is 23.0 Å². The maximum atomic E-state index is 13.1. The number of carboxylic acids is 1. The number of fused-ring (bicyclic) bond motifs is 1. The van der Waals surface area contributed by atoms with Crippen molar-refractivity contribution in [3.05, 3.63) is 34.9 Å². The average molecular weight is 371 g/mol. The van der Waals surface area contributed by atoms with Crippen molar-refractivity contribution in [2.45, 2.75) is 34.1 Å². The maximum Gasteiger partial charge on any atom is 0.305 e. The van der Waals surface area contributed by atoms with E-state index in [2.05, 4.69) is 10.1 Å². The molecule has 0 aromatic carbocycles. The Hall–Kier alpha value is -3.16. The van der Waals surface area contributed by atoms with Crippen molar-refractivity contribution in [3.63, 3.8) is 0 Å². The number of hydrogen-bond acceptors (Lipinski definition) is 6. The second-order valence-corrected chi connectivity index (χ2v) is 6.36. The summed E-state index contributed by atoms with van der Waals surface area (Å²) in [7, 11) is 0. The Labute approximate surface area is 155 Å². The molecule has 3 heterocycles. The van der Waals surface area contributed by atoms with Gasteiger partial charge in [-0.1, -0.05) is 5.16 Å². The minimum atomic E-state index is -0.951. The van der Waals surface area contributed by atoms with E-state index in [4.69, 9.17) is 14.0 Å². The van der Waals surface area contributed by atoms with E-state index in [9.17, 15) is 9.59 Å². The van der Waals surface area contributed by atoms with Gasteiger partial charge in [-0.05, 0) is 39.8 Å².